The van der Waals surface area contributed by atoms with Gasteiger partial charge in [-0.3, -0.25) is 14.5 Å². The summed E-state index contributed by atoms with van der Waals surface area (Å²) in [6.07, 6.45) is 2.06. The van der Waals surface area contributed by atoms with Crippen LogP contribution < -0.4 is 10.0 Å². The molecule has 0 fully saturated rings. The number of amidine groups is 1. The number of nitrogens with one attached hydrogen (secondary N) is 2. The Morgan fingerprint density at radius 2 is 1.79 bits per heavy atom. The van der Waals surface area contributed by atoms with Gasteiger partial charge in [-0.1, -0.05) is 51.5 Å². The first-order valence-corrected chi connectivity index (χ1v) is 10.9. The molecule has 2 aromatic rings. The summed E-state index contributed by atoms with van der Waals surface area (Å²) >= 11 is 0. The average molecular weight is 400 g/mol. The van der Waals surface area contributed by atoms with Gasteiger partial charge in [0.2, 0.25) is 5.91 Å². The Bertz CT molecular complexity index is 996. The third kappa shape index (κ3) is 4.25. The van der Waals surface area contributed by atoms with E-state index in [1.807, 2.05) is 38.1 Å². The molecule has 1 unspecified atom stereocenters. The lowest BCUT2D eigenvalue weighted by Crippen LogP contribution is -2.34. The molecule has 6 nitrogen and oxygen atoms in total. The summed E-state index contributed by atoms with van der Waals surface area (Å²) in [4.78, 5) is 17.5. The van der Waals surface area contributed by atoms with E-state index in [4.69, 9.17) is 0 Å². The van der Waals surface area contributed by atoms with Crippen molar-refractivity contribution in [1.82, 2.24) is 4.72 Å². The maximum absolute atomic E-state index is 12.8. The summed E-state index contributed by atoms with van der Waals surface area (Å²) in [6, 6.07) is 13.7. The summed E-state index contributed by atoms with van der Waals surface area (Å²) in [5, 5.41) is 2.89. The summed E-state index contributed by atoms with van der Waals surface area (Å²) in [5.74, 6) is -0.166. The molecule has 2 N–H and O–H groups in total. The van der Waals surface area contributed by atoms with Crippen LogP contribution in [0.2, 0.25) is 0 Å². The van der Waals surface area contributed by atoms with E-state index in [1.165, 1.54) is 11.6 Å². The van der Waals surface area contributed by atoms with Crippen LogP contribution >= 0.6 is 0 Å². The van der Waals surface area contributed by atoms with Crippen molar-refractivity contribution in [2.24, 2.45) is 10.9 Å². The van der Waals surface area contributed by atoms with Crippen LogP contribution in [-0.2, 0) is 21.2 Å². The maximum Gasteiger partial charge on any atom is 0.263 e. The van der Waals surface area contributed by atoms with Crippen molar-refractivity contribution in [1.29, 1.82) is 0 Å². The molecule has 0 aromatic heterocycles. The number of carbonyl (C=O) groups is 1. The van der Waals surface area contributed by atoms with Crippen molar-refractivity contribution in [2.75, 3.05) is 5.32 Å². The molecule has 0 bridgehead atoms. The van der Waals surface area contributed by atoms with E-state index in [9.17, 15) is 13.2 Å². The topological polar surface area (TPSA) is 87.6 Å². The summed E-state index contributed by atoms with van der Waals surface area (Å²) < 4.78 is 27.0. The Morgan fingerprint density at radius 1 is 1.11 bits per heavy atom. The number of anilines is 1. The minimum absolute atomic E-state index is 0.107. The van der Waals surface area contributed by atoms with Crippen molar-refractivity contribution in [3.8, 4) is 0 Å². The molecule has 1 atom stereocenters. The molecule has 3 rings (SSSR count). The molecule has 28 heavy (non-hydrogen) atoms. The highest BCUT2D eigenvalue weighted by Crippen LogP contribution is 2.24. The number of rotatable bonds is 6. The zero-order valence-electron chi connectivity index (χ0n) is 16.3. The highest BCUT2D eigenvalue weighted by Gasteiger charge is 2.32. The molecule has 0 saturated carbocycles. The van der Waals surface area contributed by atoms with Crippen LogP contribution in [0.1, 0.15) is 38.3 Å². The number of aryl methyl sites for hydroxylation is 1. The van der Waals surface area contributed by atoms with Crippen molar-refractivity contribution in [3.63, 3.8) is 0 Å². The van der Waals surface area contributed by atoms with Gasteiger partial charge in [-0.2, -0.15) is 0 Å². The normalized spacial score (nSPS) is 17.2. The summed E-state index contributed by atoms with van der Waals surface area (Å²) in [6.45, 7) is 5.89. The number of benzene rings is 2. The number of carbonyl (C=O) groups excluding carboxylic acids is 1. The molecule has 1 heterocycles. The number of hydrogen-bond donors (Lipinski definition) is 2. The van der Waals surface area contributed by atoms with Gasteiger partial charge in [0.25, 0.3) is 10.0 Å². The van der Waals surface area contributed by atoms with Gasteiger partial charge >= 0.3 is 0 Å². The fraction of sp³-hybridized carbons (Fsp3) is 0.333. The fourth-order valence-corrected chi connectivity index (χ4v) is 4.38. The zero-order valence-corrected chi connectivity index (χ0v) is 17.1. The molecule has 148 valence electrons. The SMILES string of the molecule is CCCc1ccc(NC(=O)C(N=C2NS(=O)(=O)c3ccccc32)C(C)C)cc1. The van der Waals surface area contributed by atoms with Crippen LogP contribution in [0.3, 0.4) is 0 Å². The fourth-order valence-electron chi connectivity index (χ4n) is 3.14. The quantitative estimate of drug-likeness (QED) is 0.781. The van der Waals surface area contributed by atoms with Crippen LogP contribution in [0, 0.1) is 5.92 Å². The van der Waals surface area contributed by atoms with Crippen molar-refractivity contribution < 1.29 is 13.2 Å². The van der Waals surface area contributed by atoms with Crippen LogP contribution in [0.5, 0.6) is 0 Å². The number of fused-ring (bicyclic) bond motifs is 1. The second kappa shape index (κ2) is 8.14. The molecule has 1 amide bonds. The molecule has 7 heteroatoms. The van der Waals surface area contributed by atoms with E-state index in [0.717, 1.165) is 12.8 Å². The Kier molecular flexibility index (Phi) is 5.84. The molecular weight excluding hydrogens is 374 g/mol. The van der Waals surface area contributed by atoms with Gasteiger partial charge in [-0.25, -0.2) is 8.42 Å². The first-order chi connectivity index (χ1) is 13.3. The smallest absolute Gasteiger partial charge is 0.263 e. The molecule has 0 spiro atoms. The van der Waals surface area contributed by atoms with Crippen molar-refractivity contribution in [3.05, 3.63) is 59.7 Å². The number of nitrogens with zero attached hydrogens (tertiary/aromatic N) is 1. The lowest BCUT2D eigenvalue weighted by Gasteiger charge is -2.17. The van der Waals surface area contributed by atoms with Gasteiger partial charge < -0.3 is 5.32 Å². The number of sulfonamides is 1. The maximum atomic E-state index is 12.8. The molecule has 0 aliphatic carbocycles. The lowest BCUT2D eigenvalue weighted by atomic mass is 10.0. The predicted octanol–water partition coefficient (Wildman–Crippen LogP) is 3.34. The molecule has 0 radical (unpaired) electrons. The monoisotopic (exact) mass is 399 g/mol. The highest BCUT2D eigenvalue weighted by atomic mass is 32.2. The van der Waals surface area contributed by atoms with E-state index in [1.54, 1.807) is 18.2 Å². The van der Waals surface area contributed by atoms with E-state index < -0.39 is 16.1 Å². The van der Waals surface area contributed by atoms with Crippen LogP contribution in [0.15, 0.2) is 58.4 Å². The van der Waals surface area contributed by atoms with Crippen molar-refractivity contribution in [2.45, 2.75) is 44.6 Å². The van der Waals surface area contributed by atoms with Gasteiger partial charge in [0.1, 0.15) is 11.9 Å². The number of amides is 1. The number of hydrogen-bond acceptors (Lipinski definition) is 4. The van der Waals surface area contributed by atoms with Crippen LogP contribution in [-0.4, -0.2) is 26.2 Å². The molecule has 1 aliphatic rings. The standard InChI is InChI=1S/C21H25N3O3S/c1-4-7-15-10-12-16(13-11-15)22-21(25)19(14(2)3)23-20-17-8-5-6-9-18(17)28(26,27)24-20/h5-6,8-14,19H,4,7H2,1-3H3,(H,22,25)(H,23,24). The molecule has 1 aliphatic heterocycles. The minimum Gasteiger partial charge on any atom is -0.324 e. The molecule has 2 aromatic carbocycles. The summed E-state index contributed by atoms with van der Waals surface area (Å²) in [7, 11) is -3.63. The Hall–Kier alpha value is -2.67. The highest BCUT2D eigenvalue weighted by molar-refractivity contribution is 7.90. The van der Waals surface area contributed by atoms with Gasteiger partial charge in [-0.15, -0.1) is 0 Å². The van der Waals surface area contributed by atoms with Gasteiger partial charge in [0.05, 0.1) is 4.90 Å². The van der Waals surface area contributed by atoms with E-state index >= 15 is 0 Å². The van der Waals surface area contributed by atoms with Gasteiger partial charge in [0.15, 0.2) is 0 Å². The third-order valence-electron chi connectivity index (χ3n) is 4.59. The largest absolute Gasteiger partial charge is 0.324 e. The first kappa shape index (κ1) is 20.1. The lowest BCUT2D eigenvalue weighted by molar-refractivity contribution is -0.118. The Balaban J connectivity index is 1.84. The zero-order chi connectivity index (χ0) is 20.3. The Labute approximate surface area is 166 Å². The van der Waals surface area contributed by atoms with Crippen LogP contribution in [0.4, 0.5) is 5.69 Å². The van der Waals surface area contributed by atoms with E-state index in [0.29, 0.717) is 11.3 Å². The van der Waals surface area contributed by atoms with E-state index in [-0.39, 0.29) is 22.6 Å². The predicted molar refractivity (Wildman–Crippen MR) is 111 cm³/mol. The van der Waals surface area contributed by atoms with Gasteiger partial charge in [0, 0.05) is 11.3 Å². The summed E-state index contributed by atoms with van der Waals surface area (Å²) in [5.41, 5.74) is 2.41. The second-order valence-corrected chi connectivity index (χ2v) is 8.86. The third-order valence-corrected chi connectivity index (χ3v) is 5.99. The first-order valence-electron chi connectivity index (χ1n) is 9.41. The van der Waals surface area contributed by atoms with Crippen LogP contribution in [0.25, 0.3) is 0 Å². The molecular formula is C21H25N3O3S. The number of aliphatic imine (C=N–C) groups is 1. The Morgan fingerprint density at radius 3 is 2.43 bits per heavy atom. The van der Waals surface area contributed by atoms with Crippen molar-refractivity contribution >= 4 is 27.5 Å². The van der Waals surface area contributed by atoms with Gasteiger partial charge in [-0.05, 0) is 42.2 Å². The average Bonchev–Trinajstić information content (AvgIpc) is 2.92. The molecule has 0 saturated heterocycles. The second-order valence-electron chi connectivity index (χ2n) is 7.20. The minimum atomic E-state index is -3.63. The van der Waals surface area contributed by atoms with E-state index in [2.05, 4.69) is 22.0 Å².